The van der Waals surface area contributed by atoms with E-state index in [2.05, 4.69) is 11.0 Å². The molecule has 2 aliphatic rings. The van der Waals surface area contributed by atoms with E-state index in [1.54, 1.807) is 0 Å². The molecule has 0 spiro atoms. The summed E-state index contributed by atoms with van der Waals surface area (Å²) in [5.41, 5.74) is 1.43. The number of aliphatic hydroxyl groups is 1. The second-order valence-corrected chi connectivity index (χ2v) is 4.61. The molecule has 3 heteroatoms. The molecule has 2 aliphatic heterocycles. The summed E-state index contributed by atoms with van der Waals surface area (Å²) in [6.07, 6.45) is 5.68. The fourth-order valence-corrected chi connectivity index (χ4v) is 2.33. The van der Waals surface area contributed by atoms with Crippen LogP contribution < -0.4 is 0 Å². The highest BCUT2D eigenvalue weighted by molar-refractivity contribution is 5.07. The van der Waals surface area contributed by atoms with Gasteiger partial charge in [-0.15, -0.1) is 0 Å². The van der Waals surface area contributed by atoms with Crippen LogP contribution in [0.2, 0.25) is 0 Å². The van der Waals surface area contributed by atoms with Crippen LogP contribution in [0.25, 0.3) is 0 Å². The minimum atomic E-state index is 0.361. The first-order chi connectivity index (χ1) is 7.38. The Morgan fingerprint density at radius 3 is 2.80 bits per heavy atom. The SMILES string of the molecule is OCC1CCN(CC2=CCCOC2)CC1. The predicted octanol–water partition coefficient (Wildman–Crippen LogP) is 1.04. The first kappa shape index (κ1) is 11.1. The lowest BCUT2D eigenvalue weighted by molar-refractivity contribution is 0.120. The van der Waals surface area contributed by atoms with Crippen molar-refractivity contribution in [1.82, 2.24) is 4.90 Å². The molecule has 86 valence electrons. The van der Waals surface area contributed by atoms with E-state index in [1.807, 2.05) is 0 Å². The van der Waals surface area contributed by atoms with Gasteiger partial charge in [0.15, 0.2) is 0 Å². The summed E-state index contributed by atoms with van der Waals surface area (Å²) < 4.78 is 5.43. The van der Waals surface area contributed by atoms with Gasteiger partial charge >= 0.3 is 0 Å². The highest BCUT2D eigenvalue weighted by atomic mass is 16.5. The molecule has 0 saturated carbocycles. The number of hydrogen-bond acceptors (Lipinski definition) is 3. The van der Waals surface area contributed by atoms with Crippen molar-refractivity contribution < 1.29 is 9.84 Å². The Bertz CT molecular complexity index is 220. The Morgan fingerprint density at radius 1 is 1.40 bits per heavy atom. The van der Waals surface area contributed by atoms with Gasteiger partial charge in [-0.3, -0.25) is 4.90 Å². The Labute approximate surface area is 91.7 Å². The molecule has 15 heavy (non-hydrogen) atoms. The number of likely N-dealkylation sites (tertiary alicyclic amines) is 1. The molecule has 0 radical (unpaired) electrons. The molecular weight excluding hydrogens is 190 g/mol. The van der Waals surface area contributed by atoms with E-state index in [4.69, 9.17) is 9.84 Å². The minimum absolute atomic E-state index is 0.361. The summed E-state index contributed by atoms with van der Waals surface area (Å²) in [6, 6.07) is 0. The Morgan fingerprint density at radius 2 is 2.20 bits per heavy atom. The highest BCUT2D eigenvalue weighted by Crippen LogP contribution is 2.18. The third-order valence-corrected chi connectivity index (χ3v) is 3.37. The number of aliphatic hydroxyl groups excluding tert-OH is 1. The monoisotopic (exact) mass is 211 g/mol. The van der Waals surface area contributed by atoms with Crippen LogP contribution in [0.5, 0.6) is 0 Å². The van der Waals surface area contributed by atoms with Crippen molar-refractivity contribution >= 4 is 0 Å². The minimum Gasteiger partial charge on any atom is -0.396 e. The molecule has 2 rings (SSSR count). The molecular formula is C12H21NO2. The summed E-state index contributed by atoms with van der Waals surface area (Å²) in [4.78, 5) is 2.48. The third-order valence-electron chi connectivity index (χ3n) is 3.37. The van der Waals surface area contributed by atoms with Gasteiger partial charge in [0.1, 0.15) is 0 Å². The van der Waals surface area contributed by atoms with Gasteiger partial charge in [-0.2, -0.15) is 0 Å². The zero-order valence-corrected chi connectivity index (χ0v) is 9.32. The lowest BCUT2D eigenvalue weighted by atomic mass is 9.97. The van der Waals surface area contributed by atoms with E-state index >= 15 is 0 Å². The molecule has 0 aromatic heterocycles. The van der Waals surface area contributed by atoms with Gasteiger partial charge in [-0.05, 0) is 43.8 Å². The van der Waals surface area contributed by atoms with E-state index in [0.29, 0.717) is 12.5 Å². The average Bonchev–Trinajstić information content (AvgIpc) is 2.31. The standard InChI is InChI=1S/C12H21NO2/c14-9-11-3-5-13(6-4-11)8-12-2-1-7-15-10-12/h2,11,14H,1,3-10H2. The summed E-state index contributed by atoms with van der Waals surface area (Å²) in [6.45, 7) is 5.39. The van der Waals surface area contributed by atoms with Crippen LogP contribution in [-0.4, -0.2) is 49.5 Å². The van der Waals surface area contributed by atoms with Crippen molar-refractivity contribution in [2.75, 3.05) is 39.5 Å². The Balaban J connectivity index is 1.74. The Hall–Kier alpha value is -0.380. The van der Waals surface area contributed by atoms with Crippen molar-refractivity contribution in [3.63, 3.8) is 0 Å². The van der Waals surface area contributed by atoms with Crippen molar-refractivity contribution in [3.05, 3.63) is 11.6 Å². The summed E-state index contributed by atoms with van der Waals surface area (Å²) in [5, 5.41) is 9.05. The fourth-order valence-electron chi connectivity index (χ4n) is 2.33. The predicted molar refractivity (Wildman–Crippen MR) is 59.8 cm³/mol. The van der Waals surface area contributed by atoms with E-state index < -0.39 is 0 Å². The van der Waals surface area contributed by atoms with E-state index in [9.17, 15) is 0 Å². The molecule has 0 atom stereocenters. The topological polar surface area (TPSA) is 32.7 Å². The number of rotatable bonds is 3. The lowest BCUT2D eigenvalue weighted by Crippen LogP contribution is -2.36. The number of piperidine rings is 1. The zero-order chi connectivity index (χ0) is 10.5. The maximum atomic E-state index is 9.05. The molecule has 0 aliphatic carbocycles. The molecule has 1 saturated heterocycles. The average molecular weight is 211 g/mol. The molecule has 0 bridgehead atoms. The van der Waals surface area contributed by atoms with Crippen LogP contribution in [-0.2, 0) is 4.74 Å². The van der Waals surface area contributed by atoms with Crippen LogP contribution >= 0.6 is 0 Å². The first-order valence-electron chi connectivity index (χ1n) is 5.97. The van der Waals surface area contributed by atoms with Crippen LogP contribution in [0.1, 0.15) is 19.3 Å². The third kappa shape index (κ3) is 3.30. The fraction of sp³-hybridized carbons (Fsp3) is 0.833. The van der Waals surface area contributed by atoms with Gasteiger partial charge in [0.25, 0.3) is 0 Å². The zero-order valence-electron chi connectivity index (χ0n) is 9.32. The van der Waals surface area contributed by atoms with Gasteiger partial charge in [0.05, 0.1) is 13.2 Å². The van der Waals surface area contributed by atoms with E-state index in [1.165, 1.54) is 5.57 Å². The van der Waals surface area contributed by atoms with Gasteiger partial charge < -0.3 is 9.84 Å². The second-order valence-electron chi connectivity index (χ2n) is 4.61. The van der Waals surface area contributed by atoms with Crippen LogP contribution in [0.4, 0.5) is 0 Å². The quantitative estimate of drug-likeness (QED) is 0.708. The Kier molecular flexibility index (Phi) is 4.18. The number of ether oxygens (including phenoxy) is 1. The molecule has 1 fully saturated rings. The van der Waals surface area contributed by atoms with E-state index in [-0.39, 0.29) is 0 Å². The highest BCUT2D eigenvalue weighted by Gasteiger charge is 2.19. The molecule has 0 unspecified atom stereocenters. The van der Waals surface area contributed by atoms with Gasteiger partial charge in [-0.25, -0.2) is 0 Å². The smallest absolute Gasteiger partial charge is 0.0689 e. The molecule has 0 aromatic rings. The van der Waals surface area contributed by atoms with Crippen molar-refractivity contribution in [3.8, 4) is 0 Å². The first-order valence-corrected chi connectivity index (χ1v) is 5.97. The molecule has 2 heterocycles. The molecule has 0 aromatic carbocycles. The largest absolute Gasteiger partial charge is 0.396 e. The van der Waals surface area contributed by atoms with Crippen molar-refractivity contribution in [1.29, 1.82) is 0 Å². The summed E-state index contributed by atoms with van der Waals surface area (Å²) in [7, 11) is 0. The number of hydrogen-bond donors (Lipinski definition) is 1. The maximum Gasteiger partial charge on any atom is 0.0689 e. The van der Waals surface area contributed by atoms with Crippen LogP contribution in [0.3, 0.4) is 0 Å². The van der Waals surface area contributed by atoms with E-state index in [0.717, 1.165) is 52.1 Å². The van der Waals surface area contributed by atoms with Gasteiger partial charge in [-0.1, -0.05) is 6.08 Å². The van der Waals surface area contributed by atoms with Crippen molar-refractivity contribution in [2.45, 2.75) is 19.3 Å². The van der Waals surface area contributed by atoms with Gasteiger partial charge in [0.2, 0.25) is 0 Å². The lowest BCUT2D eigenvalue weighted by Gasteiger charge is -2.32. The summed E-state index contributed by atoms with van der Waals surface area (Å²) in [5.74, 6) is 0.540. The van der Waals surface area contributed by atoms with Crippen molar-refractivity contribution in [2.24, 2.45) is 5.92 Å². The normalized spacial score (nSPS) is 25.3. The summed E-state index contributed by atoms with van der Waals surface area (Å²) >= 11 is 0. The maximum absolute atomic E-state index is 9.05. The number of nitrogens with zero attached hydrogens (tertiary/aromatic N) is 1. The molecule has 0 amide bonds. The van der Waals surface area contributed by atoms with Crippen LogP contribution in [0.15, 0.2) is 11.6 Å². The second kappa shape index (κ2) is 5.64. The molecule has 1 N–H and O–H groups in total. The van der Waals surface area contributed by atoms with Crippen LogP contribution in [0, 0.1) is 5.92 Å². The van der Waals surface area contributed by atoms with Gasteiger partial charge in [0, 0.05) is 13.2 Å². The molecule has 3 nitrogen and oxygen atoms in total.